The molecule has 0 amide bonds. The van der Waals surface area contributed by atoms with E-state index in [1.807, 2.05) is 42.6 Å². The number of methoxy groups -OCH3 is 1. The lowest BCUT2D eigenvalue weighted by atomic mass is 9.98. The smallest absolute Gasteiger partial charge is 0.174 e. The number of rotatable bonds is 5. The predicted octanol–water partition coefficient (Wildman–Crippen LogP) is 4.65. The van der Waals surface area contributed by atoms with Crippen LogP contribution in [-0.2, 0) is 0 Å². The van der Waals surface area contributed by atoms with Gasteiger partial charge in [-0.2, -0.15) is 0 Å². The summed E-state index contributed by atoms with van der Waals surface area (Å²) in [6.07, 6.45) is 6.15. The number of hydrogen-bond acceptors (Lipinski definition) is 3. The fraction of sp³-hybridized carbons (Fsp3) is 0.273. The van der Waals surface area contributed by atoms with Crippen molar-refractivity contribution in [2.75, 3.05) is 12.0 Å². The molecule has 144 valence electrons. The van der Waals surface area contributed by atoms with Gasteiger partial charge in [0.15, 0.2) is 5.11 Å². The van der Waals surface area contributed by atoms with E-state index in [1.165, 1.54) is 5.56 Å². The van der Waals surface area contributed by atoms with E-state index in [1.54, 1.807) is 7.11 Å². The highest BCUT2D eigenvalue weighted by Crippen LogP contribution is 2.42. The number of thiocarbonyl (C=S) groups is 1. The van der Waals surface area contributed by atoms with Gasteiger partial charge < -0.3 is 19.5 Å². The molecule has 5 nitrogen and oxygen atoms in total. The minimum absolute atomic E-state index is 0.00509. The maximum absolute atomic E-state index is 5.75. The van der Waals surface area contributed by atoms with Gasteiger partial charge in [-0.3, -0.25) is 4.98 Å². The van der Waals surface area contributed by atoms with E-state index in [0.29, 0.717) is 11.2 Å². The molecule has 0 bridgehead atoms. The Hall–Kier alpha value is -2.86. The largest absolute Gasteiger partial charge is 0.497 e. The van der Waals surface area contributed by atoms with Crippen molar-refractivity contribution in [3.63, 3.8) is 0 Å². The molecule has 3 heterocycles. The highest BCUT2D eigenvalue weighted by atomic mass is 32.1. The average Bonchev–Trinajstić information content (AvgIpc) is 3.33. The molecule has 1 N–H and O–H groups in total. The number of anilines is 1. The van der Waals surface area contributed by atoms with Crippen LogP contribution in [0.25, 0.3) is 0 Å². The van der Waals surface area contributed by atoms with Gasteiger partial charge in [0.1, 0.15) is 5.75 Å². The van der Waals surface area contributed by atoms with Gasteiger partial charge in [0.05, 0.1) is 24.9 Å². The Kier molecular flexibility index (Phi) is 5.05. The number of benzene rings is 1. The summed E-state index contributed by atoms with van der Waals surface area (Å²) in [5.41, 5.74) is 3.16. The molecule has 0 unspecified atom stereocenters. The Balaban J connectivity index is 1.81. The Bertz CT molecular complexity index is 969. The van der Waals surface area contributed by atoms with Gasteiger partial charge in [0.2, 0.25) is 0 Å². The summed E-state index contributed by atoms with van der Waals surface area (Å²) in [7, 11) is 1.68. The third-order valence-corrected chi connectivity index (χ3v) is 5.42. The van der Waals surface area contributed by atoms with Gasteiger partial charge in [0, 0.05) is 36.4 Å². The fourth-order valence-electron chi connectivity index (χ4n) is 3.66. The standard InChI is InChI=1S/C22H24N4OS/c1-15(2)25-12-10-16(14-25)21-20(19-9-4-5-11-23-19)24-22(28)26(21)17-7-6-8-18(13-17)27-3/h4-15,20-21H,1-3H3,(H,24,28)/t20-,21+/m0/s1. The van der Waals surface area contributed by atoms with Crippen molar-refractivity contribution in [1.82, 2.24) is 14.9 Å². The minimum Gasteiger partial charge on any atom is -0.497 e. The van der Waals surface area contributed by atoms with E-state index >= 15 is 0 Å². The van der Waals surface area contributed by atoms with Gasteiger partial charge in [-0.25, -0.2) is 0 Å². The van der Waals surface area contributed by atoms with Gasteiger partial charge in [-0.05, 0) is 62.0 Å². The molecule has 3 aromatic rings. The number of nitrogens with one attached hydrogen (secondary N) is 1. The number of nitrogens with zero attached hydrogens (tertiary/aromatic N) is 3. The average molecular weight is 393 g/mol. The molecule has 1 fully saturated rings. The second kappa shape index (κ2) is 7.64. The zero-order valence-corrected chi connectivity index (χ0v) is 17.1. The molecule has 28 heavy (non-hydrogen) atoms. The third-order valence-electron chi connectivity index (χ3n) is 5.10. The monoisotopic (exact) mass is 392 g/mol. The van der Waals surface area contributed by atoms with E-state index in [2.05, 4.69) is 58.1 Å². The number of ether oxygens (including phenoxy) is 1. The van der Waals surface area contributed by atoms with Crippen molar-refractivity contribution < 1.29 is 4.74 Å². The van der Waals surface area contributed by atoms with Crippen molar-refractivity contribution in [1.29, 1.82) is 0 Å². The summed E-state index contributed by atoms with van der Waals surface area (Å²) in [4.78, 5) is 6.76. The fourth-order valence-corrected chi connectivity index (χ4v) is 4.00. The summed E-state index contributed by atoms with van der Waals surface area (Å²) in [5.74, 6) is 0.806. The first kappa shape index (κ1) is 18.5. The van der Waals surface area contributed by atoms with Crippen LogP contribution < -0.4 is 15.0 Å². The Labute approximate surface area is 171 Å². The maximum atomic E-state index is 5.75. The van der Waals surface area contributed by atoms with Crippen LogP contribution in [0.3, 0.4) is 0 Å². The molecule has 1 aliphatic heterocycles. The molecule has 6 heteroatoms. The lowest BCUT2D eigenvalue weighted by Crippen LogP contribution is -2.29. The third kappa shape index (κ3) is 3.36. The van der Waals surface area contributed by atoms with Crippen LogP contribution in [0.5, 0.6) is 5.75 Å². The highest BCUT2D eigenvalue weighted by molar-refractivity contribution is 7.80. The van der Waals surface area contributed by atoms with E-state index in [0.717, 1.165) is 17.1 Å². The van der Waals surface area contributed by atoms with Crippen LogP contribution in [0.4, 0.5) is 5.69 Å². The highest BCUT2D eigenvalue weighted by Gasteiger charge is 2.41. The van der Waals surface area contributed by atoms with Crippen LogP contribution in [0.2, 0.25) is 0 Å². The number of aromatic nitrogens is 2. The van der Waals surface area contributed by atoms with Crippen LogP contribution in [-0.4, -0.2) is 21.8 Å². The number of hydrogen-bond donors (Lipinski definition) is 1. The molecular formula is C22H24N4OS. The first-order valence-electron chi connectivity index (χ1n) is 9.40. The van der Waals surface area contributed by atoms with Crippen molar-refractivity contribution >= 4 is 23.0 Å². The zero-order valence-electron chi connectivity index (χ0n) is 16.2. The van der Waals surface area contributed by atoms with Crippen molar-refractivity contribution in [2.45, 2.75) is 32.0 Å². The minimum atomic E-state index is -0.0390. The first-order valence-corrected chi connectivity index (χ1v) is 9.81. The summed E-state index contributed by atoms with van der Waals surface area (Å²) >= 11 is 5.75. The number of pyridine rings is 1. The maximum Gasteiger partial charge on any atom is 0.174 e. The van der Waals surface area contributed by atoms with Crippen LogP contribution >= 0.6 is 12.2 Å². The molecule has 2 aromatic heterocycles. The van der Waals surface area contributed by atoms with E-state index in [9.17, 15) is 0 Å². The summed E-state index contributed by atoms with van der Waals surface area (Å²) in [6, 6.07) is 16.5. The molecule has 0 spiro atoms. The van der Waals surface area contributed by atoms with E-state index < -0.39 is 0 Å². The van der Waals surface area contributed by atoms with Crippen LogP contribution in [0.1, 0.15) is 43.2 Å². The molecule has 4 rings (SSSR count). The van der Waals surface area contributed by atoms with Crippen molar-refractivity contribution in [2.24, 2.45) is 0 Å². The van der Waals surface area contributed by atoms with Crippen molar-refractivity contribution in [3.8, 4) is 5.75 Å². The van der Waals surface area contributed by atoms with Crippen molar-refractivity contribution in [3.05, 3.63) is 78.4 Å². The SMILES string of the molecule is COc1cccc(N2C(=S)N[C@@H](c3ccccn3)[C@H]2c2ccn(C(C)C)c2)c1. The molecule has 1 aliphatic rings. The lowest BCUT2D eigenvalue weighted by Gasteiger charge is -2.27. The van der Waals surface area contributed by atoms with E-state index in [-0.39, 0.29) is 12.1 Å². The predicted molar refractivity (Wildman–Crippen MR) is 116 cm³/mol. The van der Waals surface area contributed by atoms with Gasteiger partial charge in [0.25, 0.3) is 0 Å². The van der Waals surface area contributed by atoms with Gasteiger partial charge >= 0.3 is 0 Å². The summed E-state index contributed by atoms with van der Waals surface area (Å²) in [6.45, 7) is 4.36. The molecule has 2 atom stereocenters. The molecule has 0 saturated carbocycles. The molecule has 1 saturated heterocycles. The molecule has 0 radical (unpaired) electrons. The molecule has 0 aliphatic carbocycles. The van der Waals surface area contributed by atoms with Crippen LogP contribution in [0, 0.1) is 0 Å². The lowest BCUT2D eigenvalue weighted by molar-refractivity contribution is 0.415. The second-order valence-corrected chi connectivity index (χ2v) is 7.57. The quantitative estimate of drug-likeness (QED) is 0.640. The Morgan fingerprint density at radius 3 is 2.68 bits per heavy atom. The van der Waals surface area contributed by atoms with E-state index in [4.69, 9.17) is 17.0 Å². The topological polar surface area (TPSA) is 42.3 Å². The Morgan fingerprint density at radius 1 is 1.14 bits per heavy atom. The summed E-state index contributed by atoms with van der Waals surface area (Å²) in [5, 5.41) is 4.17. The van der Waals surface area contributed by atoms with Crippen LogP contribution in [0.15, 0.2) is 67.1 Å². The van der Waals surface area contributed by atoms with Gasteiger partial charge in [-0.15, -0.1) is 0 Å². The molecular weight excluding hydrogens is 368 g/mol. The first-order chi connectivity index (χ1) is 13.6. The summed E-state index contributed by atoms with van der Waals surface area (Å²) < 4.78 is 7.65. The Morgan fingerprint density at radius 2 is 2.00 bits per heavy atom. The molecule has 1 aromatic carbocycles. The van der Waals surface area contributed by atoms with Gasteiger partial charge in [-0.1, -0.05) is 12.1 Å². The second-order valence-electron chi connectivity index (χ2n) is 7.18. The normalized spacial score (nSPS) is 19.1. The zero-order chi connectivity index (χ0) is 19.7.